The van der Waals surface area contributed by atoms with E-state index in [0.29, 0.717) is 10.6 Å². The summed E-state index contributed by atoms with van der Waals surface area (Å²) in [7, 11) is 0. The van der Waals surface area contributed by atoms with Crippen LogP contribution in [0.4, 0.5) is 8.78 Å². The number of nitrogens with one attached hydrogen (secondary N) is 1. The van der Waals surface area contributed by atoms with Gasteiger partial charge in [-0.05, 0) is 36.4 Å². The molecule has 0 unspecified atom stereocenters. The number of amides is 1. The van der Waals surface area contributed by atoms with E-state index in [9.17, 15) is 13.6 Å². The Balaban J connectivity index is 1.75. The second kappa shape index (κ2) is 8.16. The maximum absolute atomic E-state index is 13.3. The zero-order chi connectivity index (χ0) is 16.7. The molecule has 0 spiro atoms. The molecule has 1 N–H and O–H groups in total. The fraction of sp³-hybridized carbons (Fsp3) is 0.118. The summed E-state index contributed by atoms with van der Waals surface area (Å²) in [5.74, 6) is 3.47. The molecule has 0 fully saturated rings. The fourth-order valence-corrected chi connectivity index (χ4v) is 1.77. The number of rotatable bonds is 4. The quantitative estimate of drug-likeness (QED) is 0.869. The van der Waals surface area contributed by atoms with E-state index in [4.69, 9.17) is 16.3 Å². The van der Waals surface area contributed by atoms with E-state index in [-0.39, 0.29) is 24.8 Å². The average Bonchev–Trinajstić information content (AvgIpc) is 2.53. The Labute approximate surface area is 137 Å². The molecule has 0 heterocycles. The highest BCUT2D eigenvalue weighted by atomic mass is 35.5. The van der Waals surface area contributed by atoms with Crippen molar-refractivity contribution >= 4 is 17.5 Å². The zero-order valence-corrected chi connectivity index (χ0v) is 12.7. The molecule has 6 heteroatoms. The molecule has 0 atom stereocenters. The standard InChI is InChI=1S/C17H12ClF2NO2/c18-13-5-3-12(4-6-13)17(22)21-9-1-2-10-23-16-8-7-14(19)11-15(16)20/h3-8,11H,9-10H2,(H,21,22). The summed E-state index contributed by atoms with van der Waals surface area (Å²) in [5.41, 5.74) is 0.473. The predicted octanol–water partition coefficient (Wildman–Crippen LogP) is 3.43. The van der Waals surface area contributed by atoms with Gasteiger partial charge in [0.25, 0.3) is 5.91 Å². The third-order valence-electron chi connectivity index (χ3n) is 2.76. The van der Waals surface area contributed by atoms with Crippen LogP contribution in [-0.4, -0.2) is 19.1 Å². The minimum atomic E-state index is -0.789. The van der Waals surface area contributed by atoms with Crippen LogP contribution in [0.2, 0.25) is 5.02 Å². The van der Waals surface area contributed by atoms with Crippen molar-refractivity contribution in [3.05, 3.63) is 64.7 Å². The SMILES string of the molecule is O=C(NCC#CCOc1ccc(F)cc1F)c1ccc(Cl)cc1. The summed E-state index contributed by atoms with van der Waals surface area (Å²) >= 11 is 5.73. The molecule has 2 rings (SSSR count). The van der Waals surface area contributed by atoms with Crippen LogP contribution in [0.1, 0.15) is 10.4 Å². The number of halogens is 3. The molecule has 2 aromatic carbocycles. The van der Waals surface area contributed by atoms with Crippen LogP contribution in [0.3, 0.4) is 0 Å². The van der Waals surface area contributed by atoms with Gasteiger partial charge in [0.05, 0.1) is 6.54 Å². The monoisotopic (exact) mass is 335 g/mol. The smallest absolute Gasteiger partial charge is 0.252 e. The molecule has 0 bridgehead atoms. The molecule has 118 valence electrons. The number of carbonyl (C=O) groups excluding carboxylic acids is 1. The van der Waals surface area contributed by atoms with Crippen molar-refractivity contribution in [3.8, 4) is 17.6 Å². The van der Waals surface area contributed by atoms with Crippen molar-refractivity contribution in [3.63, 3.8) is 0 Å². The van der Waals surface area contributed by atoms with E-state index >= 15 is 0 Å². The van der Waals surface area contributed by atoms with E-state index in [1.807, 2.05) is 0 Å². The molecule has 0 aliphatic rings. The first-order valence-electron chi connectivity index (χ1n) is 6.63. The molecule has 0 aliphatic heterocycles. The summed E-state index contributed by atoms with van der Waals surface area (Å²) in [4.78, 5) is 11.7. The van der Waals surface area contributed by atoms with Crippen molar-refractivity contribution in [1.82, 2.24) is 5.32 Å². The van der Waals surface area contributed by atoms with Crippen molar-refractivity contribution in [2.24, 2.45) is 0 Å². The Kier molecular flexibility index (Phi) is 5.95. The first-order valence-corrected chi connectivity index (χ1v) is 7.01. The molecule has 0 saturated carbocycles. The number of hydrogen-bond donors (Lipinski definition) is 1. The van der Waals surface area contributed by atoms with Gasteiger partial charge in [-0.2, -0.15) is 0 Å². The lowest BCUT2D eigenvalue weighted by Gasteiger charge is -2.03. The highest BCUT2D eigenvalue weighted by Crippen LogP contribution is 2.17. The van der Waals surface area contributed by atoms with Gasteiger partial charge in [0, 0.05) is 16.7 Å². The highest BCUT2D eigenvalue weighted by molar-refractivity contribution is 6.30. The van der Waals surface area contributed by atoms with Crippen LogP contribution in [-0.2, 0) is 0 Å². The van der Waals surface area contributed by atoms with Gasteiger partial charge in [0.1, 0.15) is 12.4 Å². The minimum Gasteiger partial charge on any atom is -0.478 e. The third-order valence-corrected chi connectivity index (χ3v) is 3.01. The minimum absolute atomic E-state index is 0.0701. The molecular weight excluding hydrogens is 324 g/mol. The van der Waals surface area contributed by atoms with Crippen LogP contribution >= 0.6 is 11.6 Å². The molecule has 0 radical (unpaired) electrons. The Morgan fingerprint density at radius 2 is 1.87 bits per heavy atom. The number of ether oxygens (including phenoxy) is 1. The van der Waals surface area contributed by atoms with Gasteiger partial charge in [-0.1, -0.05) is 23.4 Å². The van der Waals surface area contributed by atoms with Gasteiger partial charge < -0.3 is 10.1 Å². The van der Waals surface area contributed by atoms with E-state index < -0.39 is 11.6 Å². The fourth-order valence-electron chi connectivity index (χ4n) is 1.65. The Morgan fingerprint density at radius 3 is 2.57 bits per heavy atom. The molecule has 0 aromatic heterocycles. The lowest BCUT2D eigenvalue weighted by molar-refractivity contribution is 0.0958. The summed E-state index contributed by atoms with van der Waals surface area (Å²) in [5, 5.41) is 3.15. The Morgan fingerprint density at radius 1 is 1.13 bits per heavy atom. The summed E-state index contributed by atoms with van der Waals surface area (Å²) < 4.78 is 31.0. The van der Waals surface area contributed by atoms with Crippen molar-refractivity contribution in [2.75, 3.05) is 13.2 Å². The number of carbonyl (C=O) groups is 1. The Bertz CT molecular complexity index is 751. The van der Waals surface area contributed by atoms with Crippen LogP contribution in [0.25, 0.3) is 0 Å². The lowest BCUT2D eigenvalue weighted by Crippen LogP contribution is -2.23. The predicted molar refractivity (Wildman–Crippen MR) is 83.4 cm³/mol. The first kappa shape index (κ1) is 16.8. The number of benzene rings is 2. The molecule has 0 aliphatic carbocycles. The van der Waals surface area contributed by atoms with Crippen LogP contribution in [0, 0.1) is 23.5 Å². The average molecular weight is 336 g/mol. The van der Waals surface area contributed by atoms with E-state index in [0.717, 1.165) is 12.1 Å². The molecule has 1 amide bonds. The maximum Gasteiger partial charge on any atom is 0.252 e. The maximum atomic E-state index is 13.3. The molecular formula is C17H12ClF2NO2. The van der Waals surface area contributed by atoms with Gasteiger partial charge in [0.2, 0.25) is 0 Å². The molecule has 23 heavy (non-hydrogen) atoms. The van der Waals surface area contributed by atoms with Gasteiger partial charge in [-0.25, -0.2) is 8.78 Å². The largest absolute Gasteiger partial charge is 0.478 e. The van der Waals surface area contributed by atoms with Crippen molar-refractivity contribution < 1.29 is 18.3 Å². The van der Waals surface area contributed by atoms with Crippen LogP contribution in [0.15, 0.2) is 42.5 Å². The van der Waals surface area contributed by atoms with Crippen molar-refractivity contribution in [2.45, 2.75) is 0 Å². The first-order chi connectivity index (χ1) is 11.1. The second-order valence-corrected chi connectivity index (χ2v) is 4.84. The molecule has 2 aromatic rings. The van der Waals surface area contributed by atoms with Gasteiger partial charge in [0.15, 0.2) is 11.6 Å². The molecule has 0 saturated heterocycles. The summed E-state index contributed by atoms with van der Waals surface area (Å²) in [6.07, 6.45) is 0. The van der Waals surface area contributed by atoms with Gasteiger partial charge in [-0.3, -0.25) is 4.79 Å². The molecule has 3 nitrogen and oxygen atoms in total. The van der Waals surface area contributed by atoms with E-state index in [2.05, 4.69) is 17.2 Å². The third kappa shape index (κ3) is 5.28. The van der Waals surface area contributed by atoms with E-state index in [1.165, 1.54) is 6.07 Å². The topological polar surface area (TPSA) is 38.3 Å². The van der Waals surface area contributed by atoms with E-state index in [1.54, 1.807) is 24.3 Å². The van der Waals surface area contributed by atoms with Crippen molar-refractivity contribution in [1.29, 1.82) is 0 Å². The lowest BCUT2D eigenvalue weighted by atomic mass is 10.2. The highest BCUT2D eigenvalue weighted by Gasteiger charge is 2.04. The van der Waals surface area contributed by atoms with Crippen LogP contribution in [0.5, 0.6) is 5.75 Å². The van der Waals surface area contributed by atoms with Gasteiger partial charge >= 0.3 is 0 Å². The van der Waals surface area contributed by atoms with Gasteiger partial charge in [-0.15, -0.1) is 0 Å². The normalized spacial score (nSPS) is 9.70. The summed E-state index contributed by atoms with van der Waals surface area (Å²) in [6.45, 7) is 0.0517. The second-order valence-electron chi connectivity index (χ2n) is 4.41. The number of hydrogen-bond acceptors (Lipinski definition) is 2. The van der Waals surface area contributed by atoms with Crippen LogP contribution < -0.4 is 10.1 Å². The zero-order valence-electron chi connectivity index (χ0n) is 11.9. The summed E-state index contributed by atoms with van der Waals surface area (Å²) in [6, 6.07) is 9.46. The Hall–Kier alpha value is -2.58.